The number of aryl methyl sites for hydroxylation is 1. The Morgan fingerprint density at radius 2 is 2.08 bits per heavy atom. The molecule has 0 aliphatic rings. The van der Waals surface area contributed by atoms with Gasteiger partial charge in [0.25, 0.3) is 11.6 Å². The Kier molecular flexibility index (Phi) is 5.86. The molecule has 0 unspecified atom stereocenters. The van der Waals surface area contributed by atoms with Gasteiger partial charge in [-0.1, -0.05) is 29.8 Å². The lowest BCUT2D eigenvalue weighted by atomic mass is 10.2. The molecule has 8 heteroatoms. The monoisotopic (exact) mass is 346 g/mol. The molecule has 0 aliphatic carbocycles. The SMILES string of the molecule is Cc1ccccc1NCC(=O)N/N=C/c1cc([N+](=O)[O-])ccc1Cl. The molecule has 2 rings (SSSR count). The molecule has 0 saturated heterocycles. The van der Waals surface area contributed by atoms with E-state index in [1.807, 2.05) is 31.2 Å². The largest absolute Gasteiger partial charge is 0.376 e. The van der Waals surface area contributed by atoms with Gasteiger partial charge in [0, 0.05) is 28.4 Å². The zero-order chi connectivity index (χ0) is 17.5. The fourth-order valence-electron chi connectivity index (χ4n) is 1.90. The van der Waals surface area contributed by atoms with E-state index in [9.17, 15) is 14.9 Å². The van der Waals surface area contributed by atoms with Crippen LogP contribution >= 0.6 is 11.6 Å². The number of benzene rings is 2. The zero-order valence-corrected chi connectivity index (χ0v) is 13.6. The van der Waals surface area contributed by atoms with Crippen LogP contribution in [0.5, 0.6) is 0 Å². The first-order chi connectivity index (χ1) is 11.5. The van der Waals surface area contributed by atoms with Gasteiger partial charge >= 0.3 is 0 Å². The van der Waals surface area contributed by atoms with Crippen molar-refractivity contribution in [1.29, 1.82) is 0 Å². The maximum Gasteiger partial charge on any atom is 0.270 e. The normalized spacial score (nSPS) is 10.6. The molecule has 0 radical (unpaired) electrons. The van der Waals surface area contributed by atoms with Gasteiger partial charge in [0.15, 0.2) is 0 Å². The summed E-state index contributed by atoms with van der Waals surface area (Å²) in [6.07, 6.45) is 1.26. The summed E-state index contributed by atoms with van der Waals surface area (Å²) in [5.74, 6) is -0.351. The lowest BCUT2D eigenvalue weighted by Crippen LogP contribution is -2.26. The molecule has 24 heavy (non-hydrogen) atoms. The predicted molar refractivity (Wildman–Crippen MR) is 93.5 cm³/mol. The molecule has 0 saturated carbocycles. The van der Waals surface area contributed by atoms with Crippen LogP contribution in [0.4, 0.5) is 11.4 Å². The number of rotatable bonds is 6. The molecule has 0 spiro atoms. The van der Waals surface area contributed by atoms with Crippen LogP contribution in [0.3, 0.4) is 0 Å². The Bertz CT molecular complexity index is 793. The number of para-hydroxylation sites is 1. The fraction of sp³-hybridized carbons (Fsp3) is 0.125. The molecule has 2 aromatic rings. The first-order valence-corrected chi connectivity index (χ1v) is 7.40. The quantitative estimate of drug-likeness (QED) is 0.477. The van der Waals surface area contributed by atoms with E-state index in [-0.39, 0.29) is 18.1 Å². The summed E-state index contributed by atoms with van der Waals surface area (Å²) < 4.78 is 0. The van der Waals surface area contributed by atoms with Gasteiger partial charge < -0.3 is 5.32 Å². The maximum atomic E-state index is 11.7. The topological polar surface area (TPSA) is 96.6 Å². The van der Waals surface area contributed by atoms with Crippen molar-refractivity contribution in [3.63, 3.8) is 0 Å². The molecule has 0 bridgehead atoms. The number of hydrazone groups is 1. The van der Waals surface area contributed by atoms with Gasteiger partial charge in [0.2, 0.25) is 0 Å². The van der Waals surface area contributed by atoms with Gasteiger partial charge in [-0.25, -0.2) is 5.43 Å². The standard InChI is InChI=1S/C16H15ClN4O3/c1-11-4-2-3-5-15(11)18-10-16(22)20-19-9-12-8-13(21(23)24)6-7-14(12)17/h2-9,18H,10H2,1H3,(H,20,22)/b19-9+. The minimum atomic E-state index is -0.529. The molecule has 2 N–H and O–H groups in total. The Labute approximate surface area is 143 Å². The van der Waals surface area contributed by atoms with E-state index in [0.29, 0.717) is 10.6 Å². The minimum absolute atomic E-state index is 0.0465. The maximum absolute atomic E-state index is 11.7. The second-order valence-electron chi connectivity index (χ2n) is 4.92. The minimum Gasteiger partial charge on any atom is -0.376 e. The van der Waals surface area contributed by atoms with Crippen molar-refractivity contribution in [3.05, 3.63) is 68.7 Å². The number of halogens is 1. The molecule has 0 atom stereocenters. The van der Waals surface area contributed by atoms with Gasteiger partial charge in [0.05, 0.1) is 17.7 Å². The zero-order valence-electron chi connectivity index (χ0n) is 12.8. The average molecular weight is 347 g/mol. The van der Waals surface area contributed by atoms with Gasteiger partial charge in [-0.2, -0.15) is 5.10 Å². The molecular weight excluding hydrogens is 332 g/mol. The third kappa shape index (κ3) is 4.79. The Balaban J connectivity index is 1.92. The first-order valence-electron chi connectivity index (χ1n) is 7.02. The molecule has 1 amide bonds. The molecule has 0 heterocycles. The molecule has 0 aromatic heterocycles. The van der Waals surface area contributed by atoms with Crippen molar-refractivity contribution >= 4 is 35.1 Å². The third-order valence-electron chi connectivity index (χ3n) is 3.17. The number of hydrogen-bond acceptors (Lipinski definition) is 5. The van der Waals surface area contributed by atoms with Gasteiger partial charge in [-0.05, 0) is 24.6 Å². The Morgan fingerprint density at radius 3 is 2.79 bits per heavy atom. The van der Waals surface area contributed by atoms with Crippen LogP contribution in [-0.4, -0.2) is 23.6 Å². The van der Waals surface area contributed by atoms with E-state index in [0.717, 1.165) is 11.3 Å². The number of non-ortho nitro benzene ring substituents is 1. The molecule has 124 valence electrons. The van der Waals surface area contributed by atoms with Crippen LogP contribution in [0.2, 0.25) is 5.02 Å². The Morgan fingerprint density at radius 1 is 1.33 bits per heavy atom. The van der Waals surface area contributed by atoms with Crippen LogP contribution in [0, 0.1) is 17.0 Å². The van der Waals surface area contributed by atoms with Gasteiger partial charge in [-0.15, -0.1) is 0 Å². The van der Waals surface area contributed by atoms with E-state index in [4.69, 9.17) is 11.6 Å². The average Bonchev–Trinajstić information content (AvgIpc) is 2.55. The fourth-order valence-corrected chi connectivity index (χ4v) is 2.07. The summed E-state index contributed by atoms with van der Waals surface area (Å²) in [6, 6.07) is 11.6. The van der Waals surface area contributed by atoms with Crippen molar-refractivity contribution in [2.75, 3.05) is 11.9 Å². The summed E-state index contributed by atoms with van der Waals surface area (Å²) in [6.45, 7) is 1.98. The van der Waals surface area contributed by atoms with Crippen LogP contribution in [0.25, 0.3) is 0 Å². The van der Waals surface area contributed by atoms with E-state index < -0.39 is 4.92 Å². The molecule has 7 nitrogen and oxygen atoms in total. The highest BCUT2D eigenvalue weighted by molar-refractivity contribution is 6.33. The van der Waals surface area contributed by atoms with Gasteiger partial charge in [-0.3, -0.25) is 14.9 Å². The van der Waals surface area contributed by atoms with Crippen LogP contribution < -0.4 is 10.7 Å². The highest BCUT2D eigenvalue weighted by atomic mass is 35.5. The number of anilines is 1. The number of hydrogen-bond donors (Lipinski definition) is 2. The molecule has 0 aliphatic heterocycles. The predicted octanol–water partition coefficient (Wildman–Crippen LogP) is 3.12. The number of carbonyl (C=O) groups excluding carboxylic acids is 1. The lowest BCUT2D eigenvalue weighted by molar-refractivity contribution is -0.384. The second kappa shape index (κ2) is 8.07. The van der Waals surface area contributed by atoms with Crippen molar-refractivity contribution in [2.24, 2.45) is 5.10 Å². The van der Waals surface area contributed by atoms with Crippen molar-refractivity contribution in [2.45, 2.75) is 6.92 Å². The summed E-state index contributed by atoms with van der Waals surface area (Å²) in [7, 11) is 0. The molecule has 0 fully saturated rings. The lowest BCUT2D eigenvalue weighted by Gasteiger charge is -2.07. The number of nitro groups is 1. The van der Waals surface area contributed by atoms with Crippen LogP contribution in [0.15, 0.2) is 47.6 Å². The molecular formula is C16H15ClN4O3. The Hall–Kier alpha value is -2.93. The second-order valence-corrected chi connectivity index (χ2v) is 5.33. The number of nitrogens with zero attached hydrogens (tertiary/aromatic N) is 2. The molecule has 2 aromatic carbocycles. The van der Waals surface area contributed by atoms with E-state index in [2.05, 4.69) is 15.8 Å². The summed E-state index contributed by atoms with van der Waals surface area (Å²) >= 11 is 5.94. The summed E-state index contributed by atoms with van der Waals surface area (Å²) in [5.41, 5.74) is 4.46. The van der Waals surface area contributed by atoms with Crippen molar-refractivity contribution in [3.8, 4) is 0 Å². The highest BCUT2D eigenvalue weighted by Gasteiger charge is 2.08. The number of nitrogens with one attached hydrogen (secondary N) is 2. The van der Waals surface area contributed by atoms with E-state index >= 15 is 0 Å². The van der Waals surface area contributed by atoms with Crippen molar-refractivity contribution in [1.82, 2.24) is 5.43 Å². The van der Waals surface area contributed by atoms with Crippen molar-refractivity contribution < 1.29 is 9.72 Å². The number of carbonyl (C=O) groups is 1. The number of amides is 1. The summed E-state index contributed by atoms with van der Waals surface area (Å²) in [4.78, 5) is 22.0. The third-order valence-corrected chi connectivity index (χ3v) is 3.51. The van der Waals surface area contributed by atoms with E-state index in [1.165, 1.54) is 24.4 Å². The van der Waals surface area contributed by atoms with Gasteiger partial charge in [0.1, 0.15) is 0 Å². The van der Waals surface area contributed by atoms with E-state index in [1.54, 1.807) is 0 Å². The first kappa shape index (κ1) is 17.4. The van der Waals surface area contributed by atoms with Crippen LogP contribution in [0.1, 0.15) is 11.1 Å². The summed E-state index contributed by atoms with van der Waals surface area (Å²) in [5, 5.41) is 17.8. The van der Waals surface area contributed by atoms with Crippen LogP contribution in [-0.2, 0) is 4.79 Å². The number of nitro benzene ring substituents is 1. The highest BCUT2D eigenvalue weighted by Crippen LogP contribution is 2.20. The smallest absolute Gasteiger partial charge is 0.270 e.